The number of aliphatic hydroxyl groups is 1. The summed E-state index contributed by atoms with van der Waals surface area (Å²) in [6.45, 7) is 17.1. The number of aliphatic hydroxyl groups excluding tert-OH is 1. The van der Waals surface area contributed by atoms with Gasteiger partial charge in [-0.1, -0.05) is 42.8 Å². The Labute approximate surface area is 222 Å². The van der Waals surface area contributed by atoms with E-state index in [0.29, 0.717) is 19.4 Å². The Morgan fingerprint density at radius 3 is 2.54 bits per heavy atom. The van der Waals surface area contributed by atoms with Crippen LogP contribution in [0.4, 0.5) is 0 Å². The zero-order chi connectivity index (χ0) is 26.3. The third-order valence-corrected chi connectivity index (χ3v) is 10.6. The Morgan fingerprint density at radius 1 is 1.34 bits per heavy atom. The number of amides is 2. The van der Waals surface area contributed by atoms with Gasteiger partial charge >= 0.3 is 5.97 Å². The first-order chi connectivity index (χ1) is 16.3. The van der Waals surface area contributed by atoms with Crippen LogP contribution >= 0.6 is 27.7 Å². The van der Waals surface area contributed by atoms with Gasteiger partial charge < -0.3 is 19.6 Å². The Balaban J connectivity index is 2.08. The maximum Gasteiger partial charge on any atom is 0.310 e. The molecule has 3 heterocycles. The first-order valence-electron chi connectivity index (χ1n) is 12.6. The average molecular weight is 574 g/mol. The Kier molecular flexibility index (Phi) is 8.44. The lowest BCUT2D eigenvalue weighted by molar-refractivity contribution is -0.153. The summed E-state index contributed by atoms with van der Waals surface area (Å²) < 4.78 is 4.68. The number of esters is 1. The number of nitrogens with zero attached hydrogens (tertiary/aromatic N) is 2. The number of ether oxygens (including phenoxy) is 1. The van der Waals surface area contributed by atoms with Crippen molar-refractivity contribution in [3.8, 4) is 0 Å². The van der Waals surface area contributed by atoms with Crippen molar-refractivity contribution in [1.82, 2.24) is 9.80 Å². The second-order valence-electron chi connectivity index (χ2n) is 11.8. The lowest BCUT2D eigenvalue weighted by atomic mass is 9.70. The van der Waals surface area contributed by atoms with E-state index in [0.717, 1.165) is 6.42 Å². The van der Waals surface area contributed by atoms with Crippen LogP contribution in [0.3, 0.4) is 0 Å². The quantitative estimate of drug-likeness (QED) is 0.244. The van der Waals surface area contributed by atoms with Gasteiger partial charge in [-0.3, -0.25) is 14.4 Å². The van der Waals surface area contributed by atoms with E-state index < -0.39 is 28.2 Å². The standard InChI is InChI=1S/C26H41BrN2O5S/c1-8-11-29(25(6,7)15-24(3,4)5)22(32)20-26-14-16(27)19(35-26)17(23(33)34-9-2)18(26)21(31)28(20)12-10-13-30/h8,16-20,30H,1,9-15H2,2-7H3/t16?,17-,18-,19-,20?,26?/m0/s1. The number of alkyl halides is 1. The molecule has 1 N–H and O–H groups in total. The highest BCUT2D eigenvalue weighted by Crippen LogP contribution is 2.68. The monoisotopic (exact) mass is 572 g/mol. The predicted molar refractivity (Wildman–Crippen MR) is 142 cm³/mol. The van der Waals surface area contributed by atoms with Crippen LogP contribution in [-0.4, -0.2) is 85.4 Å². The van der Waals surface area contributed by atoms with Gasteiger partial charge in [-0.05, 0) is 45.4 Å². The number of thioether (sulfide) groups is 1. The molecule has 3 saturated heterocycles. The van der Waals surface area contributed by atoms with Crippen molar-refractivity contribution in [2.24, 2.45) is 17.3 Å². The van der Waals surface area contributed by atoms with Crippen molar-refractivity contribution >= 4 is 45.5 Å². The number of carbonyl (C=O) groups is 3. The Morgan fingerprint density at radius 2 is 2.00 bits per heavy atom. The van der Waals surface area contributed by atoms with Crippen LogP contribution in [0.5, 0.6) is 0 Å². The van der Waals surface area contributed by atoms with Crippen LogP contribution in [0.15, 0.2) is 12.7 Å². The van der Waals surface area contributed by atoms with E-state index in [1.807, 2.05) is 4.90 Å². The minimum atomic E-state index is -0.711. The predicted octanol–water partition coefficient (Wildman–Crippen LogP) is 3.63. The lowest BCUT2D eigenvalue weighted by Crippen LogP contribution is -2.60. The second kappa shape index (κ2) is 10.4. The molecule has 3 aliphatic rings. The maximum absolute atomic E-state index is 14.5. The number of fused-ring (bicyclic) bond motifs is 1. The van der Waals surface area contributed by atoms with Gasteiger partial charge in [0.1, 0.15) is 6.04 Å². The van der Waals surface area contributed by atoms with E-state index in [4.69, 9.17) is 4.74 Å². The fourth-order valence-corrected chi connectivity index (χ4v) is 10.3. The summed E-state index contributed by atoms with van der Waals surface area (Å²) in [6, 6.07) is -0.708. The van der Waals surface area contributed by atoms with Crippen LogP contribution in [0.2, 0.25) is 0 Å². The first-order valence-corrected chi connectivity index (χ1v) is 14.4. The molecule has 35 heavy (non-hydrogen) atoms. The van der Waals surface area contributed by atoms with Crippen LogP contribution in [-0.2, 0) is 19.1 Å². The fraction of sp³-hybridized carbons (Fsp3) is 0.808. The molecule has 0 aromatic rings. The third kappa shape index (κ3) is 5.06. The smallest absolute Gasteiger partial charge is 0.310 e. The average Bonchev–Trinajstić information content (AvgIpc) is 3.32. The minimum absolute atomic E-state index is 0.00878. The van der Waals surface area contributed by atoms with E-state index in [1.54, 1.807) is 29.7 Å². The number of halogens is 1. The Bertz CT molecular complexity index is 859. The van der Waals surface area contributed by atoms with Crippen LogP contribution in [0.1, 0.15) is 60.8 Å². The summed E-state index contributed by atoms with van der Waals surface area (Å²) in [6.07, 6.45) is 3.51. The lowest BCUT2D eigenvalue weighted by Gasteiger charge is -2.46. The number of hydrogen-bond acceptors (Lipinski definition) is 6. The molecule has 0 aromatic carbocycles. The highest BCUT2D eigenvalue weighted by atomic mass is 79.9. The van der Waals surface area contributed by atoms with Gasteiger partial charge in [0.25, 0.3) is 0 Å². The summed E-state index contributed by atoms with van der Waals surface area (Å²) in [5, 5.41) is 9.42. The highest BCUT2D eigenvalue weighted by Gasteiger charge is 2.76. The topological polar surface area (TPSA) is 87.2 Å². The molecule has 7 nitrogen and oxygen atoms in total. The van der Waals surface area contributed by atoms with E-state index in [9.17, 15) is 19.5 Å². The molecule has 3 unspecified atom stereocenters. The maximum atomic E-state index is 14.5. The molecule has 1 spiro atoms. The highest BCUT2D eigenvalue weighted by molar-refractivity contribution is 9.09. The normalized spacial score (nSPS) is 32.1. The van der Waals surface area contributed by atoms with Gasteiger partial charge in [-0.15, -0.1) is 18.3 Å². The fourth-order valence-electron chi connectivity index (χ4n) is 6.70. The number of carbonyl (C=O) groups excluding carboxylic acids is 3. The molecule has 3 aliphatic heterocycles. The van der Waals surface area contributed by atoms with Crippen LogP contribution in [0, 0.1) is 17.3 Å². The Hall–Kier alpha value is -1.06. The van der Waals surface area contributed by atoms with Gasteiger partial charge in [-0.25, -0.2) is 0 Å². The van der Waals surface area contributed by atoms with E-state index in [-0.39, 0.29) is 53.0 Å². The van der Waals surface area contributed by atoms with Crippen molar-refractivity contribution in [2.75, 3.05) is 26.3 Å². The van der Waals surface area contributed by atoms with Gasteiger partial charge in [0, 0.05) is 35.3 Å². The van der Waals surface area contributed by atoms with E-state index >= 15 is 0 Å². The molecule has 0 aromatic heterocycles. The molecule has 0 radical (unpaired) electrons. The van der Waals surface area contributed by atoms with Crippen LogP contribution < -0.4 is 0 Å². The number of rotatable bonds is 10. The molecule has 2 bridgehead atoms. The summed E-state index contributed by atoms with van der Waals surface area (Å²) in [5.41, 5.74) is -0.484. The largest absolute Gasteiger partial charge is 0.466 e. The summed E-state index contributed by atoms with van der Waals surface area (Å²) in [5.74, 6) is -1.83. The van der Waals surface area contributed by atoms with Crippen molar-refractivity contribution in [3.05, 3.63) is 12.7 Å². The van der Waals surface area contributed by atoms with Crippen LogP contribution in [0.25, 0.3) is 0 Å². The van der Waals surface area contributed by atoms with Gasteiger partial charge in [-0.2, -0.15) is 0 Å². The first kappa shape index (κ1) is 28.5. The zero-order valence-corrected chi connectivity index (χ0v) is 24.3. The SMILES string of the molecule is C=CCN(C(=O)C1N(CCCO)C(=O)[C@@H]2[C@H](C(=O)OCC)[C@H]3SC12CC3Br)C(C)(C)CC(C)(C)C. The summed E-state index contributed by atoms with van der Waals surface area (Å²) >= 11 is 5.37. The van der Waals surface area contributed by atoms with Gasteiger partial charge in [0.2, 0.25) is 11.8 Å². The van der Waals surface area contributed by atoms with Crippen molar-refractivity contribution in [2.45, 2.75) is 87.2 Å². The molecule has 6 atom stereocenters. The van der Waals surface area contributed by atoms with E-state index in [1.165, 1.54) is 0 Å². The van der Waals surface area contributed by atoms with Crippen molar-refractivity contribution in [1.29, 1.82) is 0 Å². The number of hydrogen-bond donors (Lipinski definition) is 1. The number of likely N-dealkylation sites (tertiary alicyclic amines) is 1. The molecule has 3 fully saturated rings. The molecule has 0 aliphatic carbocycles. The molecule has 0 saturated carbocycles. The van der Waals surface area contributed by atoms with Gasteiger partial charge in [0.15, 0.2) is 0 Å². The molecular weight excluding hydrogens is 532 g/mol. The van der Waals surface area contributed by atoms with Crippen molar-refractivity contribution in [3.63, 3.8) is 0 Å². The van der Waals surface area contributed by atoms with E-state index in [2.05, 4.69) is 57.1 Å². The third-order valence-electron chi connectivity index (χ3n) is 7.41. The summed E-state index contributed by atoms with van der Waals surface area (Å²) in [7, 11) is 0. The van der Waals surface area contributed by atoms with Gasteiger partial charge in [0.05, 0.1) is 23.2 Å². The minimum Gasteiger partial charge on any atom is -0.466 e. The molecule has 3 rings (SSSR count). The molecule has 9 heteroatoms. The second-order valence-corrected chi connectivity index (χ2v) is 14.5. The zero-order valence-electron chi connectivity index (χ0n) is 21.9. The summed E-state index contributed by atoms with van der Waals surface area (Å²) in [4.78, 5) is 44.9. The van der Waals surface area contributed by atoms with Crippen molar-refractivity contribution < 1.29 is 24.2 Å². The molecule has 2 amide bonds. The molecular formula is C26H41BrN2O5S. The molecule has 198 valence electrons.